The Bertz CT molecular complexity index is 423. The van der Waals surface area contributed by atoms with Crippen molar-refractivity contribution in [2.45, 2.75) is 116 Å². The maximum atomic E-state index is 12.0. The summed E-state index contributed by atoms with van der Waals surface area (Å²) < 4.78 is 0. The van der Waals surface area contributed by atoms with Crippen LogP contribution in [0.25, 0.3) is 0 Å². The van der Waals surface area contributed by atoms with Gasteiger partial charge in [0.05, 0.1) is 5.92 Å². The lowest BCUT2D eigenvalue weighted by Crippen LogP contribution is -2.23. The molecule has 5 heteroatoms. The van der Waals surface area contributed by atoms with Gasteiger partial charge in [-0.2, -0.15) is 0 Å². The van der Waals surface area contributed by atoms with Crippen molar-refractivity contribution in [3.8, 4) is 0 Å². The molecule has 0 bridgehead atoms. The molecule has 0 aromatic heterocycles. The predicted octanol–water partition coefficient (Wildman–Crippen LogP) is 5.65. The fraction of sp³-hybridized carbons (Fsp3) is 0.870. The van der Waals surface area contributed by atoms with Gasteiger partial charge in [0.2, 0.25) is 5.91 Å². The van der Waals surface area contributed by atoms with Gasteiger partial charge in [-0.05, 0) is 12.8 Å². The zero-order chi connectivity index (χ0) is 21.0. The second-order valence-corrected chi connectivity index (χ2v) is 7.98. The van der Waals surface area contributed by atoms with Crippen molar-refractivity contribution in [3.05, 3.63) is 0 Å². The minimum atomic E-state index is -0.984. The molecule has 0 saturated carbocycles. The number of carbonyl (C=O) groups excluding carboxylic acids is 2. The van der Waals surface area contributed by atoms with E-state index in [4.69, 9.17) is 0 Å². The third-order valence-electron chi connectivity index (χ3n) is 5.38. The lowest BCUT2D eigenvalue weighted by Gasteiger charge is -2.11. The van der Waals surface area contributed by atoms with Crippen LogP contribution in [0.3, 0.4) is 0 Å². The smallest absolute Gasteiger partial charge is 0.306 e. The highest BCUT2D eigenvalue weighted by Gasteiger charge is 2.21. The maximum Gasteiger partial charge on any atom is 0.306 e. The number of unbranched alkanes of at least 4 members (excludes halogenated alkanes) is 12. The molecule has 0 fully saturated rings. The topological polar surface area (TPSA) is 83.5 Å². The largest absolute Gasteiger partial charge is 0.481 e. The third kappa shape index (κ3) is 16.8. The first-order valence-electron chi connectivity index (χ1n) is 11.5. The number of carboxylic acid groups (broad SMARTS) is 1. The molecule has 0 aromatic rings. The molecule has 28 heavy (non-hydrogen) atoms. The van der Waals surface area contributed by atoms with E-state index in [1.807, 2.05) is 0 Å². The molecular formula is C23H43NO4. The highest BCUT2D eigenvalue weighted by atomic mass is 16.4. The number of hydrogen-bond acceptors (Lipinski definition) is 3. The minimum absolute atomic E-state index is 0.00683. The van der Waals surface area contributed by atoms with Crippen LogP contribution in [0.5, 0.6) is 0 Å². The predicted molar refractivity (Wildman–Crippen MR) is 114 cm³/mol. The van der Waals surface area contributed by atoms with Gasteiger partial charge in [-0.25, -0.2) is 0 Å². The Morgan fingerprint density at radius 2 is 1.21 bits per heavy atom. The van der Waals surface area contributed by atoms with Crippen LogP contribution < -0.4 is 5.32 Å². The van der Waals surface area contributed by atoms with Crippen LogP contribution in [0, 0.1) is 5.92 Å². The SMILES string of the molecule is CCCCCCCCCCCCCCCC(=O)CC(CCC(=O)NC)C(=O)O. The lowest BCUT2D eigenvalue weighted by molar-refractivity contribution is -0.144. The summed E-state index contributed by atoms with van der Waals surface area (Å²) in [4.78, 5) is 34.5. The third-order valence-corrected chi connectivity index (χ3v) is 5.38. The van der Waals surface area contributed by atoms with Crippen LogP contribution in [-0.2, 0) is 14.4 Å². The van der Waals surface area contributed by atoms with Gasteiger partial charge >= 0.3 is 5.97 Å². The average molecular weight is 398 g/mol. The Morgan fingerprint density at radius 1 is 0.750 bits per heavy atom. The summed E-state index contributed by atoms with van der Waals surface area (Å²) in [7, 11) is 1.53. The molecule has 2 N–H and O–H groups in total. The molecule has 0 aliphatic heterocycles. The molecule has 0 aromatic carbocycles. The molecule has 164 valence electrons. The van der Waals surface area contributed by atoms with Gasteiger partial charge in [0.25, 0.3) is 0 Å². The molecule has 1 amide bonds. The van der Waals surface area contributed by atoms with Crippen molar-refractivity contribution in [3.63, 3.8) is 0 Å². The lowest BCUT2D eigenvalue weighted by atomic mass is 9.94. The zero-order valence-electron chi connectivity index (χ0n) is 18.3. The molecule has 1 atom stereocenters. The first kappa shape index (κ1) is 26.6. The maximum absolute atomic E-state index is 12.0. The number of rotatable bonds is 20. The number of ketones is 1. The Labute approximate surface area is 172 Å². The van der Waals surface area contributed by atoms with E-state index in [9.17, 15) is 19.5 Å². The molecule has 1 unspecified atom stereocenters. The fourth-order valence-electron chi connectivity index (χ4n) is 3.46. The Hall–Kier alpha value is -1.39. The number of carbonyl (C=O) groups is 3. The fourth-order valence-corrected chi connectivity index (χ4v) is 3.46. The Balaban J connectivity index is 3.57. The molecule has 5 nitrogen and oxygen atoms in total. The molecule has 0 aliphatic rings. The van der Waals surface area contributed by atoms with Crippen LogP contribution in [0.4, 0.5) is 0 Å². The molecule has 0 spiro atoms. The van der Waals surface area contributed by atoms with Crippen molar-refractivity contribution < 1.29 is 19.5 Å². The number of amides is 1. The molecule has 0 heterocycles. The van der Waals surface area contributed by atoms with Crippen LogP contribution in [0.2, 0.25) is 0 Å². The number of hydrogen-bond donors (Lipinski definition) is 2. The number of carboxylic acids is 1. The van der Waals surface area contributed by atoms with Crippen molar-refractivity contribution in [2.24, 2.45) is 5.92 Å². The van der Waals surface area contributed by atoms with Gasteiger partial charge < -0.3 is 10.4 Å². The Morgan fingerprint density at radius 3 is 1.64 bits per heavy atom. The minimum Gasteiger partial charge on any atom is -0.481 e. The van der Waals surface area contributed by atoms with E-state index >= 15 is 0 Å². The average Bonchev–Trinajstić information content (AvgIpc) is 2.68. The van der Waals surface area contributed by atoms with E-state index in [0.717, 1.165) is 19.3 Å². The van der Waals surface area contributed by atoms with Gasteiger partial charge in [0.1, 0.15) is 5.78 Å². The summed E-state index contributed by atoms with van der Waals surface area (Å²) >= 11 is 0. The summed E-state index contributed by atoms with van der Waals surface area (Å²) in [6.45, 7) is 2.25. The molecule has 0 radical (unpaired) electrons. The molecule has 0 rings (SSSR count). The number of aliphatic carboxylic acids is 1. The van der Waals surface area contributed by atoms with Gasteiger partial charge in [0.15, 0.2) is 0 Å². The van der Waals surface area contributed by atoms with Crippen molar-refractivity contribution in [1.82, 2.24) is 5.32 Å². The normalized spacial score (nSPS) is 11.9. The van der Waals surface area contributed by atoms with E-state index in [1.165, 1.54) is 71.3 Å². The second-order valence-electron chi connectivity index (χ2n) is 7.98. The molecular weight excluding hydrogens is 354 g/mol. The quantitative estimate of drug-likeness (QED) is 0.260. The molecule has 0 saturated heterocycles. The van der Waals surface area contributed by atoms with Crippen LogP contribution in [0.1, 0.15) is 116 Å². The summed E-state index contributed by atoms with van der Waals surface area (Å²) in [6, 6.07) is 0. The second kappa shape index (κ2) is 18.9. The monoisotopic (exact) mass is 397 g/mol. The van der Waals surface area contributed by atoms with Gasteiger partial charge in [-0.15, -0.1) is 0 Å². The van der Waals surface area contributed by atoms with Crippen molar-refractivity contribution in [2.75, 3.05) is 7.05 Å². The van der Waals surface area contributed by atoms with E-state index in [1.54, 1.807) is 0 Å². The van der Waals surface area contributed by atoms with E-state index in [2.05, 4.69) is 12.2 Å². The van der Waals surface area contributed by atoms with Crippen LogP contribution >= 0.6 is 0 Å². The summed E-state index contributed by atoms with van der Waals surface area (Å²) in [6.07, 6.45) is 17.3. The standard InChI is InChI=1S/C23H43NO4/c1-3-4-5-6-7-8-9-10-11-12-13-14-15-16-21(25)19-20(23(27)28)17-18-22(26)24-2/h20H,3-19H2,1-2H3,(H,24,26)(H,27,28). The van der Waals surface area contributed by atoms with Crippen LogP contribution in [-0.4, -0.2) is 29.8 Å². The van der Waals surface area contributed by atoms with Crippen molar-refractivity contribution in [1.29, 1.82) is 0 Å². The zero-order valence-corrected chi connectivity index (χ0v) is 18.3. The number of Topliss-reactive ketones (excluding diaryl/α,β-unsaturated/α-hetero) is 1. The number of nitrogens with one attached hydrogen (secondary N) is 1. The van der Waals surface area contributed by atoms with E-state index < -0.39 is 11.9 Å². The van der Waals surface area contributed by atoms with E-state index in [0.29, 0.717) is 6.42 Å². The summed E-state index contributed by atoms with van der Waals surface area (Å²) in [5.41, 5.74) is 0. The van der Waals surface area contributed by atoms with Gasteiger partial charge in [-0.1, -0.05) is 84.0 Å². The summed E-state index contributed by atoms with van der Waals surface area (Å²) in [5, 5.41) is 11.7. The highest BCUT2D eigenvalue weighted by Crippen LogP contribution is 2.16. The highest BCUT2D eigenvalue weighted by molar-refractivity contribution is 5.84. The molecule has 0 aliphatic carbocycles. The van der Waals surface area contributed by atoms with Gasteiger partial charge in [-0.3, -0.25) is 14.4 Å². The van der Waals surface area contributed by atoms with Crippen molar-refractivity contribution >= 4 is 17.7 Å². The van der Waals surface area contributed by atoms with Gasteiger partial charge in [0, 0.05) is 26.3 Å². The first-order chi connectivity index (χ1) is 13.5. The summed E-state index contributed by atoms with van der Waals surface area (Å²) in [5.74, 6) is -1.91. The van der Waals surface area contributed by atoms with E-state index in [-0.39, 0.29) is 31.0 Å². The Kier molecular flexibility index (Phi) is 18.0. The first-order valence-corrected chi connectivity index (χ1v) is 11.5. The van der Waals surface area contributed by atoms with Crippen LogP contribution in [0.15, 0.2) is 0 Å².